The van der Waals surface area contributed by atoms with Crippen LogP contribution in [-0.2, 0) is 0 Å². The van der Waals surface area contributed by atoms with Crippen molar-refractivity contribution in [3.63, 3.8) is 0 Å². The van der Waals surface area contributed by atoms with E-state index in [1.165, 1.54) is 4.90 Å². The lowest BCUT2D eigenvalue weighted by Crippen LogP contribution is -2.21. The maximum atomic E-state index is 12.3. The Morgan fingerprint density at radius 3 is 2.24 bits per heavy atom. The van der Waals surface area contributed by atoms with Crippen LogP contribution < -0.4 is 10.6 Å². The molecule has 0 aliphatic carbocycles. The maximum Gasteiger partial charge on any atom is 0.257 e. The predicted molar refractivity (Wildman–Crippen MR) is 112 cm³/mol. The zero-order valence-corrected chi connectivity index (χ0v) is 16.4. The molecule has 2 aromatic heterocycles. The number of benzene rings is 2. The molecule has 0 spiro atoms. The van der Waals surface area contributed by atoms with Gasteiger partial charge in [0.05, 0.1) is 23.0 Å². The summed E-state index contributed by atoms with van der Waals surface area (Å²) in [6, 6.07) is 14.4. The summed E-state index contributed by atoms with van der Waals surface area (Å²) in [5.74, 6) is 0.285. The standard InChI is InChI=1S/C19H17N7O2S/c1-26(2)19(28)12-9-6-10-13(14(12)27)21-16-15(20-11-7-4-3-5-8-11)22-17-18(23-16)25-29-24-17/h3-10,27H,1-2H3,(H,20,22,24)(H,21,23,25). The topological polar surface area (TPSA) is 116 Å². The first kappa shape index (κ1) is 18.6. The highest BCUT2D eigenvalue weighted by molar-refractivity contribution is 6.99. The van der Waals surface area contributed by atoms with Crippen LogP contribution in [-0.4, -0.2) is 48.7 Å². The van der Waals surface area contributed by atoms with Crippen molar-refractivity contribution >= 4 is 51.9 Å². The monoisotopic (exact) mass is 407 g/mol. The Kier molecular flexibility index (Phi) is 4.92. The number of aromatic nitrogens is 4. The summed E-state index contributed by atoms with van der Waals surface area (Å²) in [5, 5.41) is 16.9. The summed E-state index contributed by atoms with van der Waals surface area (Å²) < 4.78 is 8.26. The number of phenolic OH excluding ortho intramolecular Hbond substituents is 1. The summed E-state index contributed by atoms with van der Waals surface area (Å²) >= 11 is 1.02. The van der Waals surface area contributed by atoms with Crippen LogP contribution in [0.4, 0.5) is 23.0 Å². The highest BCUT2D eigenvalue weighted by Crippen LogP contribution is 2.33. The Hall–Kier alpha value is -3.79. The minimum absolute atomic E-state index is 0.171. The summed E-state index contributed by atoms with van der Waals surface area (Å²) in [7, 11) is 3.25. The molecule has 0 saturated heterocycles. The number of amides is 1. The lowest BCUT2D eigenvalue weighted by atomic mass is 10.1. The van der Waals surface area contributed by atoms with E-state index < -0.39 is 0 Å². The molecule has 4 rings (SSSR count). The zero-order chi connectivity index (χ0) is 20.4. The molecule has 0 saturated carbocycles. The molecule has 2 heterocycles. The summed E-state index contributed by atoms with van der Waals surface area (Å²) in [5.41, 5.74) is 2.12. The van der Waals surface area contributed by atoms with Gasteiger partial charge in [-0.05, 0) is 24.3 Å². The van der Waals surface area contributed by atoms with Gasteiger partial charge in [0.15, 0.2) is 17.4 Å². The molecule has 0 fully saturated rings. The van der Waals surface area contributed by atoms with Crippen LogP contribution in [0.3, 0.4) is 0 Å². The minimum atomic E-state index is -0.306. The number of carbonyl (C=O) groups excluding carboxylic acids is 1. The molecule has 0 aliphatic rings. The molecule has 146 valence electrons. The fourth-order valence-electron chi connectivity index (χ4n) is 2.66. The molecule has 9 nitrogen and oxygen atoms in total. The number of para-hydroxylation sites is 2. The smallest absolute Gasteiger partial charge is 0.257 e. The van der Waals surface area contributed by atoms with Gasteiger partial charge in [0.1, 0.15) is 0 Å². The molecule has 0 bridgehead atoms. The van der Waals surface area contributed by atoms with Gasteiger partial charge in [-0.2, -0.15) is 8.75 Å². The number of hydrogen-bond donors (Lipinski definition) is 3. The van der Waals surface area contributed by atoms with Crippen LogP contribution in [0.25, 0.3) is 11.3 Å². The van der Waals surface area contributed by atoms with Crippen molar-refractivity contribution in [2.45, 2.75) is 0 Å². The molecule has 0 atom stereocenters. The van der Waals surface area contributed by atoms with Gasteiger partial charge >= 0.3 is 0 Å². The maximum absolute atomic E-state index is 12.3. The number of nitrogens with zero attached hydrogens (tertiary/aromatic N) is 5. The third-order valence-corrected chi connectivity index (χ3v) is 4.59. The predicted octanol–water partition coefficient (Wildman–Crippen LogP) is 3.38. The van der Waals surface area contributed by atoms with Crippen molar-refractivity contribution < 1.29 is 9.90 Å². The fraction of sp³-hybridized carbons (Fsp3) is 0.105. The molecule has 2 aromatic carbocycles. The number of phenols is 1. The normalized spacial score (nSPS) is 10.7. The summed E-state index contributed by atoms with van der Waals surface area (Å²) in [6.45, 7) is 0. The van der Waals surface area contributed by atoms with Gasteiger partial charge in [0.25, 0.3) is 5.91 Å². The molecule has 10 heteroatoms. The van der Waals surface area contributed by atoms with E-state index in [-0.39, 0.29) is 17.2 Å². The van der Waals surface area contributed by atoms with E-state index >= 15 is 0 Å². The number of rotatable bonds is 5. The van der Waals surface area contributed by atoms with Crippen LogP contribution in [0.15, 0.2) is 48.5 Å². The van der Waals surface area contributed by atoms with E-state index in [2.05, 4.69) is 29.3 Å². The Morgan fingerprint density at radius 2 is 1.59 bits per heavy atom. The lowest BCUT2D eigenvalue weighted by Gasteiger charge is -2.16. The molecule has 0 aliphatic heterocycles. The average Bonchev–Trinajstić information content (AvgIpc) is 3.17. The van der Waals surface area contributed by atoms with E-state index in [0.29, 0.717) is 28.6 Å². The second-order valence-electron chi connectivity index (χ2n) is 6.35. The second-order valence-corrected chi connectivity index (χ2v) is 6.88. The highest BCUT2D eigenvalue weighted by Gasteiger charge is 2.18. The SMILES string of the molecule is CN(C)C(=O)c1cccc(Nc2nc3nsnc3nc2Nc2ccccc2)c1O. The van der Waals surface area contributed by atoms with Crippen molar-refractivity contribution in [2.75, 3.05) is 24.7 Å². The Balaban J connectivity index is 1.75. The van der Waals surface area contributed by atoms with Gasteiger partial charge in [0.2, 0.25) is 11.3 Å². The van der Waals surface area contributed by atoms with E-state index in [1.807, 2.05) is 30.3 Å². The average molecular weight is 407 g/mol. The van der Waals surface area contributed by atoms with Crippen LogP contribution in [0.5, 0.6) is 5.75 Å². The van der Waals surface area contributed by atoms with Crippen LogP contribution in [0.2, 0.25) is 0 Å². The van der Waals surface area contributed by atoms with Crippen molar-refractivity contribution in [1.29, 1.82) is 0 Å². The van der Waals surface area contributed by atoms with Gasteiger partial charge in [0, 0.05) is 19.8 Å². The summed E-state index contributed by atoms with van der Waals surface area (Å²) in [6.07, 6.45) is 0. The first-order valence-corrected chi connectivity index (χ1v) is 9.39. The molecule has 29 heavy (non-hydrogen) atoms. The number of hydrogen-bond acceptors (Lipinski definition) is 9. The highest BCUT2D eigenvalue weighted by atomic mass is 32.1. The van der Waals surface area contributed by atoms with Gasteiger partial charge in [-0.25, -0.2) is 9.97 Å². The summed E-state index contributed by atoms with van der Waals surface area (Å²) in [4.78, 5) is 22.7. The second kappa shape index (κ2) is 7.68. The Bertz CT molecular complexity index is 1180. The van der Waals surface area contributed by atoms with Gasteiger partial charge < -0.3 is 20.6 Å². The van der Waals surface area contributed by atoms with Crippen molar-refractivity contribution in [1.82, 2.24) is 23.6 Å². The number of carbonyl (C=O) groups is 1. The molecule has 1 amide bonds. The van der Waals surface area contributed by atoms with Gasteiger partial charge in [-0.1, -0.05) is 24.3 Å². The number of aromatic hydroxyl groups is 1. The zero-order valence-electron chi connectivity index (χ0n) is 15.6. The van der Waals surface area contributed by atoms with Crippen molar-refractivity contribution in [2.24, 2.45) is 0 Å². The Morgan fingerprint density at radius 1 is 0.931 bits per heavy atom. The molecule has 0 unspecified atom stereocenters. The third-order valence-electron chi connectivity index (χ3n) is 4.08. The van der Waals surface area contributed by atoms with Gasteiger partial charge in [-0.15, -0.1) is 0 Å². The first-order chi connectivity index (χ1) is 14.0. The lowest BCUT2D eigenvalue weighted by molar-refractivity contribution is 0.0824. The minimum Gasteiger partial charge on any atom is -0.505 e. The molecule has 3 N–H and O–H groups in total. The first-order valence-electron chi connectivity index (χ1n) is 8.66. The number of nitrogens with one attached hydrogen (secondary N) is 2. The molecule has 4 aromatic rings. The van der Waals surface area contributed by atoms with Gasteiger partial charge in [-0.3, -0.25) is 4.79 Å². The van der Waals surface area contributed by atoms with Crippen molar-refractivity contribution in [3.8, 4) is 5.75 Å². The Labute approximate surface area is 170 Å². The number of fused-ring (bicyclic) bond motifs is 1. The van der Waals surface area contributed by atoms with E-state index in [4.69, 9.17) is 0 Å². The molecular formula is C19H17N7O2S. The number of anilines is 4. The van der Waals surface area contributed by atoms with Crippen LogP contribution in [0.1, 0.15) is 10.4 Å². The fourth-order valence-corrected chi connectivity index (χ4v) is 3.10. The largest absolute Gasteiger partial charge is 0.505 e. The van der Waals surface area contributed by atoms with E-state index in [0.717, 1.165) is 17.4 Å². The van der Waals surface area contributed by atoms with E-state index in [1.54, 1.807) is 32.3 Å². The quantitative estimate of drug-likeness (QED) is 0.431. The van der Waals surface area contributed by atoms with Crippen LogP contribution in [0, 0.1) is 0 Å². The third kappa shape index (κ3) is 3.78. The van der Waals surface area contributed by atoms with E-state index in [9.17, 15) is 9.90 Å². The molecule has 0 radical (unpaired) electrons. The van der Waals surface area contributed by atoms with Crippen molar-refractivity contribution in [3.05, 3.63) is 54.1 Å². The molecular weight excluding hydrogens is 390 g/mol. The van der Waals surface area contributed by atoms with Crippen LogP contribution >= 0.6 is 11.7 Å².